The van der Waals surface area contributed by atoms with Gasteiger partial charge in [0.05, 0.1) is 11.1 Å². The van der Waals surface area contributed by atoms with Crippen molar-refractivity contribution in [3.05, 3.63) is 0 Å². The lowest BCUT2D eigenvalue weighted by atomic mass is 9.84. The predicted octanol–water partition coefficient (Wildman–Crippen LogP) is 2.37. The number of carbonyl (C=O) groups excluding carboxylic acids is 1. The van der Waals surface area contributed by atoms with Crippen LogP contribution < -0.4 is 10.6 Å². The van der Waals surface area contributed by atoms with Crippen molar-refractivity contribution in [1.29, 1.82) is 0 Å². The van der Waals surface area contributed by atoms with E-state index < -0.39 is 0 Å². The number of hydrogen-bond acceptors (Lipinski definition) is 3. The van der Waals surface area contributed by atoms with Gasteiger partial charge in [0.2, 0.25) is 5.91 Å². The Morgan fingerprint density at radius 3 is 2.70 bits per heavy atom. The zero-order valence-corrected chi connectivity index (χ0v) is 13.3. The summed E-state index contributed by atoms with van der Waals surface area (Å²) in [6.07, 6.45) is 7.17. The zero-order chi connectivity index (χ0) is 14.6. The van der Waals surface area contributed by atoms with E-state index in [0.717, 1.165) is 51.7 Å². The van der Waals surface area contributed by atoms with Crippen LogP contribution in [0.15, 0.2) is 0 Å². The number of hydrogen-bond donors (Lipinski definition) is 2. The lowest BCUT2D eigenvalue weighted by Crippen LogP contribution is -2.60. The molecular formula is C16H30N2O2. The van der Waals surface area contributed by atoms with Gasteiger partial charge in [-0.1, -0.05) is 13.8 Å². The van der Waals surface area contributed by atoms with Crippen LogP contribution >= 0.6 is 0 Å². The quantitative estimate of drug-likeness (QED) is 0.832. The fourth-order valence-corrected chi connectivity index (χ4v) is 3.49. The second-order valence-electron chi connectivity index (χ2n) is 6.62. The maximum atomic E-state index is 12.6. The maximum Gasteiger partial charge on any atom is 0.240 e. The van der Waals surface area contributed by atoms with E-state index in [1.54, 1.807) is 0 Å². The molecule has 2 fully saturated rings. The lowest BCUT2D eigenvalue weighted by Gasteiger charge is -2.42. The van der Waals surface area contributed by atoms with E-state index in [1.165, 1.54) is 6.42 Å². The molecule has 0 aliphatic carbocycles. The molecule has 4 nitrogen and oxygen atoms in total. The van der Waals surface area contributed by atoms with Crippen molar-refractivity contribution in [1.82, 2.24) is 10.6 Å². The van der Waals surface area contributed by atoms with Crippen molar-refractivity contribution in [2.75, 3.05) is 13.2 Å². The largest absolute Gasteiger partial charge is 0.375 e. The molecule has 0 aromatic rings. The van der Waals surface area contributed by atoms with Gasteiger partial charge in [-0.25, -0.2) is 0 Å². The first kappa shape index (κ1) is 15.8. The molecule has 2 aliphatic rings. The first-order valence-corrected chi connectivity index (χ1v) is 8.23. The molecular weight excluding hydrogens is 252 g/mol. The van der Waals surface area contributed by atoms with E-state index >= 15 is 0 Å². The third-order valence-corrected chi connectivity index (χ3v) is 5.24. The second kappa shape index (κ2) is 6.44. The molecule has 0 saturated carbocycles. The molecule has 0 spiro atoms. The summed E-state index contributed by atoms with van der Waals surface area (Å²) in [5.74, 6) is 0.171. The van der Waals surface area contributed by atoms with Gasteiger partial charge in [0.25, 0.3) is 0 Å². The summed E-state index contributed by atoms with van der Waals surface area (Å²) in [5, 5.41) is 6.66. The Balaban J connectivity index is 1.93. The van der Waals surface area contributed by atoms with Crippen LogP contribution in [0.4, 0.5) is 0 Å². The lowest BCUT2D eigenvalue weighted by molar-refractivity contribution is -0.132. The van der Waals surface area contributed by atoms with Gasteiger partial charge in [-0.2, -0.15) is 0 Å². The van der Waals surface area contributed by atoms with Gasteiger partial charge in [-0.15, -0.1) is 0 Å². The van der Waals surface area contributed by atoms with E-state index in [9.17, 15) is 4.79 Å². The van der Waals surface area contributed by atoms with Crippen LogP contribution in [0.25, 0.3) is 0 Å². The molecule has 0 radical (unpaired) electrons. The normalized spacial score (nSPS) is 33.6. The Bertz CT molecular complexity index is 333. The first-order valence-electron chi connectivity index (χ1n) is 8.23. The average Bonchev–Trinajstić information content (AvgIpc) is 2.48. The van der Waals surface area contributed by atoms with Crippen LogP contribution in [-0.4, -0.2) is 36.2 Å². The van der Waals surface area contributed by atoms with Crippen LogP contribution in [-0.2, 0) is 9.53 Å². The summed E-state index contributed by atoms with van der Waals surface area (Å²) >= 11 is 0. The zero-order valence-electron chi connectivity index (χ0n) is 13.3. The first-order chi connectivity index (χ1) is 9.53. The molecule has 2 aliphatic heterocycles. The minimum atomic E-state index is -0.377. The maximum absolute atomic E-state index is 12.6. The molecule has 2 rings (SSSR count). The van der Waals surface area contributed by atoms with Crippen molar-refractivity contribution in [2.45, 2.75) is 82.9 Å². The fraction of sp³-hybridized carbons (Fsp3) is 0.938. The SMILES string of the molecule is CCC1(CC)CC(NC(=O)C2(C)CCCCN2)CCO1. The molecule has 2 unspecified atom stereocenters. The second-order valence-corrected chi connectivity index (χ2v) is 6.62. The molecule has 4 heteroatoms. The number of nitrogens with one attached hydrogen (secondary N) is 2. The van der Waals surface area contributed by atoms with Crippen LogP contribution in [0.5, 0.6) is 0 Å². The number of ether oxygens (including phenoxy) is 1. The summed E-state index contributed by atoms with van der Waals surface area (Å²) in [6.45, 7) is 8.10. The summed E-state index contributed by atoms with van der Waals surface area (Å²) in [5.41, 5.74) is -0.408. The number of rotatable bonds is 4. The van der Waals surface area contributed by atoms with Gasteiger partial charge < -0.3 is 15.4 Å². The molecule has 20 heavy (non-hydrogen) atoms. The predicted molar refractivity (Wildman–Crippen MR) is 80.7 cm³/mol. The minimum Gasteiger partial charge on any atom is -0.375 e. The number of amides is 1. The van der Waals surface area contributed by atoms with Gasteiger partial charge >= 0.3 is 0 Å². The Morgan fingerprint density at radius 1 is 1.35 bits per heavy atom. The molecule has 2 saturated heterocycles. The average molecular weight is 282 g/mol. The summed E-state index contributed by atoms with van der Waals surface area (Å²) in [4.78, 5) is 12.6. The van der Waals surface area contributed by atoms with Crippen molar-refractivity contribution in [3.63, 3.8) is 0 Å². The fourth-order valence-electron chi connectivity index (χ4n) is 3.49. The van der Waals surface area contributed by atoms with E-state index in [-0.39, 0.29) is 23.1 Å². The monoisotopic (exact) mass is 282 g/mol. The van der Waals surface area contributed by atoms with Crippen molar-refractivity contribution >= 4 is 5.91 Å². The van der Waals surface area contributed by atoms with Crippen molar-refractivity contribution < 1.29 is 9.53 Å². The highest BCUT2D eigenvalue weighted by atomic mass is 16.5. The highest BCUT2D eigenvalue weighted by Crippen LogP contribution is 2.31. The molecule has 0 aromatic carbocycles. The Kier molecular flexibility index (Phi) is 5.08. The third kappa shape index (κ3) is 3.34. The Labute approximate surface area is 123 Å². The summed E-state index contributed by atoms with van der Waals surface area (Å²) in [7, 11) is 0. The molecule has 0 aromatic heterocycles. The molecule has 116 valence electrons. The van der Waals surface area contributed by atoms with Crippen LogP contribution in [0, 0.1) is 0 Å². The Morgan fingerprint density at radius 2 is 2.10 bits per heavy atom. The van der Waals surface area contributed by atoms with Gasteiger partial charge in [-0.05, 0) is 58.4 Å². The third-order valence-electron chi connectivity index (χ3n) is 5.24. The number of piperidine rings is 1. The van der Waals surface area contributed by atoms with E-state index in [0.29, 0.717) is 0 Å². The van der Waals surface area contributed by atoms with Crippen LogP contribution in [0.2, 0.25) is 0 Å². The highest BCUT2D eigenvalue weighted by Gasteiger charge is 2.39. The topological polar surface area (TPSA) is 50.4 Å². The summed E-state index contributed by atoms with van der Waals surface area (Å²) in [6, 6.07) is 0.261. The highest BCUT2D eigenvalue weighted by molar-refractivity contribution is 5.86. The van der Waals surface area contributed by atoms with Crippen LogP contribution in [0.3, 0.4) is 0 Å². The smallest absolute Gasteiger partial charge is 0.240 e. The van der Waals surface area contributed by atoms with Crippen LogP contribution in [0.1, 0.15) is 65.7 Å². The van der Waals surface area contributed by atoms with E-state index in [4.69, 9.17) is 4.74 Å². The van der Waals surface area contributed by atoms with Crippen molar-refractivity contribution in [3.8, 4) is 0 Å². The van der Waals surface area contributed by atoms with Crippen molar-refractivity contribution in [2.24, 2.45) is 0 Å². The summed E-state index contributed by atoms with van der Waals surface area (Å²) < 4.78 is 5.98. The number of carbonyl (C=O) groups is 1. The minimum absolute atomic E-state index is 0.0307. The van der Waals surface area contributed by atoms with Gasteiger partial charge in [0.15, 0.2) is 0 Å². The van der Waals surface area contributed by atoms with Gasteiger partial charge in [0, 0.05) is 12.6 Å². The molecule has 1 amide bonds. The standard InChI is InChI=1S/C16H30N2O2/c1-4-16(5-2)12-13(8-11-20-16)18-14(19)15(3)9-6-7-10-17-15/h13,17H,4-12H2,1-3H3,(H,18,19). The molecule has 2 N–H and O–H groups in total. The molecule has 2 heterocycles. The molecule has 0 bridgehead atoms. The van der Waals surface area contributed by atoms with Gasteiger partial charge in [0.1, 0.15) is 0 Å². The Hall–Kier alpha value is -0.610. The molecule has 2 atom stereocenters. The van der Waals surface area contributed by atoms with E-state index in [2.05, 4.69) is 24.5 Å². The van der Waals surface area contributed by atoms with E-state index in [1.807, 2.05) is 6.92 Å². The van der Waals surface area contributed by atoms with Gasteiger partial charge in [-0.3, -0.25) is 4.79 Å².